The van der Waals surface area contributed by atoms with Gasteiger partial charge in [0.15, 0.2) is 0 Å². The Balaban J connectivity index is 1.58. The van der Waals surface area contributed by atoms with Crippen LogP contribution in [-0.2, 0) is 9.53 Å². The van der Waals surface area contributed by atoms with Crippen LogP contribution in [0.3, 0.4) is 0 Å². The Kier molecular flexibility index (Phi) is 4.92. The van der Waals surface area contributed by atoms with Crippen LogP contribution in [-0.4, -0.2) is 45.2 Å². The number of aliphatic hydroxyl groups excluding tert-OH is 2. The molecule has 3 N–H and O–H groups in total. The number of aliphatic hydroxyl groups is 3. The van der Waals surface area contributed by atoms with Gasteiger partial charge in [-0.15, -0.1) is 0 Å². The molecular formula is C23H38O5. The van der Waals surface area contributed by atoms with Crippen LogP contribution < -0.4 is 0 Å². The standard InChI is InChI=1S/C23H38O5/c1-13(24)23(27)20(26)12-19-17-6-5-15-11-16(28-14(2)25)7-9-21(15,3)18(17)8-10-22(19,23)4/h13,15-20,24,26-27H,5-12H2,1-4H3/t13-,15+,16-,17-,18-,19-,20-,21+,22+,23-/m1/s1. The molecule has 0 heterocycles. The number of hydrogen-bond donors (Lipinski definition) is 3. The van der Waals surface area contributed by atoms with E-state index in [1.807, 2.05) is 0 Å². The smallest absolute Gasteiger partial charge is 0.302 e. The first-order valence-corrected chi connectivity index (χ1v) is 11.3. The van der Waals surface area contributed by atoms with Crippen LogP contribution >= 0.6 is 0 Å². The zero-order valence-electron chi connectivity index (χ0n) is 17.9. The molecule has 0 unspecified atom stereocenters. The molecular weight excluding hydrogens is 356 g/mol. The summed E-state index contributed by atoms with van der Waals surface area (Å²) in [6, 6.07) is 0. The zero-order valence-corrected chi connectivity index (χ0v) is 17.9. The van der Waals surface area contributed by atoms with Gasteiger partial charge in [0.2, 0.25) is 0 Å². The summed E-state index contributed by atoms with van der Waals surface area (Å²) in [5.74, 6) is 1.75. The van der Waals surface area contributed by atoms with E-state index in [1.165, 1.54) is 6.92 Å². The fourth-order valence-corrected chi connectivity index (χ4v) is 8.37. The number of carbonyl (C=O) groups is 1. The van der Waals surface area contributed by atoms with Gasteiger partial charge < -0.3 is 20.1 Å². The summed E-state index contributed by atoms with van der Waals surface area (Å²) < 4.78 is 5.54. The van der Waals surface area contributed by atoms with Crippen LogP contribution in [0.2, 0.25) is 0 Å². The molecule has 160 valence electrons. The molecule has 4 fully saturated rings. The summed E-state index contributed by atoms with van der Waals surface area (Å²) in [6.45, 7) is 7.66. The Morgan fingerprint density at radius 3 is 2.43 bits per heavy atom. The van der Waals surface area contributed by atoms with E-state index in [-0.39, 0.29) is 23.4 Å². The van der Waals surface area contributed by atoms with Gasteiger partial charge in [0.1, 0.15) is 11.7 Å². The van der Waals surface area contributed by atoms with E-state index in [0.29, 0.717) is 24.2 Å². The number of esters is 1. The van der Waals surface area contributed by atoms with E-state index in [0.717, 1.165) is 44.9 Å². The topological polar surface area (TPSA) is 87.0 Å². The average molecular weight is 395 g/mol. The van der Waals surface area contributed by atoms with Crippen molar-refractivity contribution in [1.82, 2.24) is 0 Å². The molecule has 10 atom stereocenters. The number of fused-ring (bicyclic) bond motifs is 5. The average Bonchev–Trinajstić information content (AvgIpc) is 2.83. The quantitative estimate of drug-likeness (QED) is 0.627. The van der Waals surface area contributed by atoms with Crippen molar-refractivity contribution in [3.63, 3.8) is 0 Å². The first-order chi connectivity index (χ1) is 13.0. The lowest BCUT2D eigenvalue weighted by molar-refractivity contribution is -0.209. The molecule has 4 aliphatic carbocycles. The molecule has 0 spiro atoms. The normalized spacial score (nSPS) is 54.2. The van der Waals surface area contributed by atoms with E-state index in [1.54, 1.807) is 6.92 Å². The van der Waals surface area contributed by atoms with E-state index in [9.17, 15) is 20.1 Å². The molecule has 5 heteroatoms. The predicted molar refractivity (Wildman–Crippen MR) is 105 cm³/mol. The molecule has 0 amide bonds. The molecule has 0 saturated heterocycles. The summed E-state index contributed by atoms with van der Waals surface area (Å²) in [7, 11) is 0. The van der Waals surface area contributed by atoms with Crippen molar-refractivity contribution in [2.24, 2.45) is 34.5 Å². The van der Waals surface area contributed by atoms with Gasteiger partial charge in [-0.2, -0.15) is 0 Å². The minimum atomic E-state index is -1.41. The monoisotopic (exact) mass is 394 g/mol. The van der Waals surface area contributed by atoms with Gasteiger partial charge in [0, 0.05) is 12.3 Å². The second kappa shape index (κ2) is 6.68. The maximum Gasteiger partial charge on any atom is 0.302 e. The number of carbonyl (C=O) groups excluding carboxylic acids is 1. The van der Waals surface area contributed by atoms with Crippen LogP contribution in [0.1, 0.15) is 79.1 Å². The van der Waals surface area contributed by atoms with Crippen molar-refractivity contribution in [3.8, 4) is 0 Å². The number of rotatable bonds is 2. The first-order valence-electron chi connectivity index (χ1n) is 11.3. The van der Waals surface area contributed by atoms with Gasteiger partial charge in [-0.25, -0.2) is 0 Å². The third-order valence-electron chi connectivity index (χ3n) is 9.88. The Bertz CT molecular complexity index is 634. The van der Waals surface area contributed by atoms with Crippen molar-refractivity contribution in [3.05, 3.63) is 0 Å². The molecule has 0 aromatic rings. The van der Waals surface area contributed by atoms with Crippen LogP contribution in [0, 0.1) is 34.5 Å². The number of hydrogen-bond acceptors (Lipinski definition) is 5. The SMILES string of the molecule is CC(=O)O[C@@H]1CC[C@@]2(C)[C@@H](CC[C@@H]3[C@H]2CC[C@@]2(C)[C@@H]3C[C@@H](O)[C@]2(O)[C@@H](C)O)C1. The Morgan fingerprint density at radius 1 is 1.07 bits per heavy atom. The van der Waals surface area contributed by atoms with Gasteiger partial charge in [-0.1, -0.05) is 13.8 Å². The van der Waals surface area contributed by atoms with E-state index >= 15 is 0 Å². The molecule has 0 aromatic heterocycles. The largest absolute Gasteiger partial charge is 0.463 e. The Hall–Kier alpha value is -0.650. The summed E-state index contributed by atoms with van der Waals surface area (Å²) in [5, 5.41) is 32.5. The predicted octanol–water partition coefficient (Wildman–Crippen LogP) is 3.04. The molecule has 0 aliphatic heterocycles. The summed E-state index contributed by atoms with van der Waals surface area (Å²) in [5.41, 5.74) is -1.59. The van der Waals surface area contributed by atoms with Crippen molar-refractivity contribution in [1.29, 1.82) is 0 Å². The molecule has 4 rings (SSSR count). The summed E-state index contributed by atoms with van der Waals surface area (Å²) in [4.78, 5) is 11.4. The number of ether oxygens (including phenoxy) is 1. The van der Waals surface area contributed by atoms with Gasteiger partial charge in [-0.05, 0) is 87.4 Å². The fraction of sp³-hybridized carbons (Fsp3) is 0.957. The minimum Gasteiger partial charge on any atom is -0.463 e. The summed E-state index contributed by atoms with van der Waals surface area (Å²) in [6.07, 6.45) is 6.02. The molecule has 0 bridgehead atoms. The van der Waals surface area contributed by atoms with Gasteiger partial charge >= 0.3 is 5.97 Å². The zero-order chi connectivity index (χ0) is 20.5. The Morgan fingerprint density at radius 2 is 1.79 bits per heavy atom. The highest BCUT2D eigenvalue weighted by atomic mass is 16.5. The highest BCUT2D eigenvalue weighted by Gasteiger charge is 2.69. The minimum absolute atomic E-state index is 0.0645. The van der Waals surface area contributed by atoms with Crippen molar-refractivity contribution < 1.29 is 24.9 Å². The van der Waals surface area contributed by atoms with Crippen molar-refractivity contribution in [2.75, 3.05) is 0 Å². The van der Waals surface area contributed by atoms with E-state index < -0.39 is 23.2 Å². The molecule has 5 nitrogen and oxygen atoms in total. The highest BCUT2D eigenvalue weighted by molar-refractivity contribution is 5.66. The van der Waals surface area contributed by atoms with Crippen LogP contribution in [0.5, 0.6) is 0 Å². The van der Waals surface area contributed by atoms with Gasteiger partial charge in [-0.3, -0.25) is 4.79 Å². The summed E-state index contributed by atoms with van der Waals surface area (Å²) >= 11 is 0. The van der Waals surface area contributed by atoms with Gasteiger partial charge in [0.05, 0.1) is 12.2 Å². The lowest BCUT2D eigenvalue weighted by atomic mass is 9.44. The molecule has 4 aliphatic rings. The van der Waals surface area contributed by atoms with Crippen LogP contribution in [0.4, 0.5) is 0 Å². The molecule has 0 aromatic carbocycles. The second-order valence-electron chi connectivity index (χ2n) is 10.9. The highest BCUT2D eigenvalue weighted by Crippen LogP contribution is 2.68. The van der Waals surface area contributed by atoms with Crippen LogP contribution in [0.25, 0.3) is 0 Å². The lowest BCUT2D eigenvalue weighted by Crippen LogP contribution is -2.61. The third kappa shape index (κ3) is 2.65. The molecule has 4 saturated carbocycles. The second-order valence-corrected chi connectivity index (χ2v) is 10.9. The maximum absolute atomic E-state index is 11.4. The first kappa shape index (κ1) is 20.6. The third-order valence-corrected chi connectivity index (χ3v) is 9.88. The van der Waals surface area contributed by atoms with E-state index in [4.69, 9.17) is 4.74 Å². The molecule has 28 heavy (non-hydrogen) atoms. The Labute approximate surface area is 168 Å². The van der Waals surface area contributed by atoms with Gasteiger partial charge in [0.25, 0.3) is 0 Å². The molecule has 0 radical (unpaired) electrons. The maximum atomic E-state index is 11.4. The van der Waals surface area contributed by atoms with Crippen molar-refractivity contribution >= 4 is 5.97 Å². The van der Waals surface area contributed by atoms with Crippen LogP contribution in [0.15, 0.2) is 0 Å². The van der Waals surface area contributed by atoms with Crippen molar-refractivity contribution in [2.45, 2.75) is 103 Å². The fourth-order valence-electron chi connectivity index (χ4n) is 8.37. The lowest BCUT2D eigenvalue weighted by Gasteiger charge is -2.61. The van der Waals surface area contributed by atoms with E-state index in [2.05, 4.69) is 13.8 Å².